The van der Waals surface area contributed by atoms with E-state index in [9.17, 15) is 0 Å². The van der Waals surface area contributed by atoms with Crippen molar-refractivity contribution in [2.24, 2.45) is 0 Å². The van der Waals surface area contributed by atoms with Crippen molar-refractivity contribution in [3.8, 4) is 5.75 Å². The zero-order chi connectivity index (χ0) is 15.2. The van der Waals surface area contributed by atoms with Gasteiger partial charge in [-0.1, -0.05) is 42.8 Å². The van der Waals surface area contributed by atoms with Crippen LogP contribution in [0.3, 0.4) is 0 Å². The monoisotopic (exact) mass is 303 g/mol. The van der Waals surface area contributed by atoms with Gasteiger partial charge in [0.1, 0.15) is 5.75 Å². The molecule has 0 spiro atoms. The van der Waals surface area contributed by atoms with Crippen LogP contribution in [0.15, 0.2) is 42.5 Å². The van der Waals surface area contributed by atoms with Gasteiger partial charge in [-0.3, -0.25) is 0 Å². The molecule has 0 amide bonds. The number of methoxy groups -OCH3 is 1. The normalized spacial score (nSPS) is 12.2. The summed E-state index contributed by atoms with van der Waals surface area (Å²) in [5, 5.41) is 4.33. The molecule has 0 heterocycles. The number of halogens is 1. The summed E-state index contributed by atoms with van der Waals surface area (Å²) in [6.45, 7) is 5.23. The van der Waals surface area contributed by atoms with Gasteiger partial charge in [0, 0.05) is 10.6 Å². The smallest absolute Gasteiger partial charge is 0.124 e. The number of hydrogen-bond acceptors (Lipinski definition) is 2. The highest BCUT2D eigenvalue weighted by Crippen LogP contribution is 2.33. The van der Waals surface area contributed by atoms with Gasteiger partial charge in [0.25, 0.3) is 0 Å². The SMILES string of the molecule is CCCNC(c1ccccc1C)c1cc(Cl)ccc1OC. The van der Waals surface area contributed by atoms with Gasteiger partial charge < -0.3 is 10.1 Å². The molecule has 2 nitrogen and oxygen atoms in total. The summed E-state index contributed by atoms with van der Waals surface area (Å²) < 4.78 is 5.52. The Morgan fingerprint density at radius 3 is 2.57 bits per heavy atom. The number of ether oxygens (including phenoxy) is 1. The van der Waals surface area contributed by atoms with Crippen molar-refractivity contribution in [3.05, 3.63) is 64.2 Å². The molecule has 0 saturated heterocycles. The van der Waals surface area contributed by atoms with Gasteiger partial charge in [0.05, 0.1) is 13.2 Å². The lowest BCUT2D eigenvalue weighted by molar-refractivity contribution is 0.403. The Bertz CT molecular complexity index is 598. The van der Waals surface area contributed by atoms with Crippen molar-refractivity contribution in [1.29, 1.82) is 0 Å². The standard InChI is InChI=1S/C18H22ClNO/c1-4-11-20-18(15-8-6-5-7-13(15)2)16-12-14(19)9-10-17(16)21-3/h5-10,12,18,20H,4,11H2,1-3H3. The van der Waals surface area contributed by atoms with Crippen LogP contribution in [0.1, 0.15) is 36.1 Å². The maximum Gasteiger partial charge on any atom is 0.124 e. The summed E-state index contributed by atoms with van der Waals surface area (Å²) in [7, 11) is 1.70. The van der Waals surface area contributed by atoms with Crippen LogP contribution in [0.4, 0.5) is 0 Å². The summed E-state index contributed by atoms with van der Waals surface area (Å²) in [5.41, 5.74) is 3.59. The number of hydrogen-bond donors (Lipinski definition) is 1. The Kier molecular flexibility index (Phi) is 5.66. The van der Waals surface area contributed by atoms with Gasteiger partial charge in [-0.05, 0) is 49.2 Å². The molecule has 0 radical (unpaired) electrons. The van der Waals surface area contributed by atoms with Crippen molar-refractivity contribution in [2.45, 2.75) is 26.3 Å². The fourth-order valence-electron chi connectivity index (χ4n) is 2.52. The van der Waals surface area contributed by atoms with Gasteiger partial charge in [-0.2, -0.15) is 0 Å². The van der Waals surface area contributed by atoms with Gasteiger partial charge in [-0.25, -0.2) is 0 Å². The Labute approximate surface area is 132 Å². The third-order valence-corrected chi connectivity index (χ3v) is 3.84. The molecule has 0 aromatic heterocycles. The van der Waals surface area contributed by atoms with E-state index in [4.69, 9.17) is 16.3 Å². The van der Waals surface area contributed by atoms with Crippen LogP contribution in [0, 0.1) is 6.92 Å². The second kappa shape index (κ2) is 7.48. The molecule has 21 heavy (non-hydrogen) atoms. The average Bonchev–Trinajstić information content (AvgIpc) is 2.49. The second-order valence-corrected chi connectivity index (χ2v) is 5.57. The molecular formula is C18H22ClNO. The van der Waals surface area contributed by atoms with Gasteiger partial charge >= 0.3 is 0 Å². The molecule has 2 rings (SSSR count). The van der Waals surface area contributed by atoms with Crippen LogP contribution in [-0.2, 0) is 0 Å². The van der Waals surface area contributed by atoms with E-state index in [1.165, 1.54) is 11.1 Å². The fourth-order valence-corrected chi connectivity index (χ4v) is 2.70. The third-order valence-electron chi connectivity index (χ3n) is 3.60. The Morgan fingerprint density at radius 1 is 1.14 bits per heavy atom. The van der Waals surface area contributed by atoms with Crippen molar-refractivity contribution >= 4 is 11.6 Å². The lowest BCUT2D eigenvalue weighted by Crippen LogP contribution is -2.24. The predicted octanol–water partition coefficient (Wildman–Crippen LogP) is 4.75. The first-order chi connectivity index (χ1) is 10.2. The lowest BCUT2D eigenvalue weighted by atomic mass is 9.94. The average molecular weight is 304 g/mol. The van der Waals surface area contributed by atoms with Crippen molar-refractivity contribution < 1.29 is 4.74 Å². The maximum atomic E-state index is 6.20. The van der Waals surface area contributed by atoms with Crippen LogP contribution < -0.4 is 10.1 Å². The van der Waals surface area contributed by atoms with Crippen LogP contribution >= 0.6 is 11.6 Å². The van der Waals surface area contributed by atoms with E-state index in [1.807, 2.05) is 18.2 Å². The van der Waals surface area contributed by atoms with Crippen LogP contribution in [-0.4, -0.2) is 13.7 Å². The molecular weight excluding hydrogens is 282 g/mol. The fraction of sp³-hybridized carbons (Fsp3) is 0.333. The maximum absolute atomic E-state index is 6.20. The Balaban J connectivity index is 2.50. The molecule has 0 aliphatic heterocycles. The number of benzene rings is 2. The van der Waals surface area contributed by atoms with E-state index in [1.54, 1.807) is 7.11 Å². The van der Waals surface area contributed by atoms with Gasteiger partial charge in [0.15, 0.2) is 0 Å². The summed E-state index contributed by atoms with van der Waals surface area (Å²) in [6.07, 6.45) is 1.07. The number of aryl methyl sites for hydroxylation is 1. The topological polar surface area (TPSA) is 21.3 Å². The quantitative estimate of drug-likeness (QED) is 0.832. The lowest BCUT2D eigenvalue weighted by Gasteiger charge is -2.23. The second-order valence-electron chi connectivity index (χ2n) is 5.13. The van der Waals surface area contributed by atoms with Crippen LogP contribution in [0.5, 0.6) is 5.75 Å². The highest BCUT2D eigenvalue weighted by molar-refractivity contribution is 6.30. The van der Waals surface area contributed by atoms with E-state index in [-0.39, 0.29) is 6.04 Å². The Hall–Kier alpha value is -1.51. The van der Waals surface area contributed by atoms with Crippen LogP contribution in [0.25, 0.3) is 0 Å². The first-order valence-electron chi connectivity index (χ1n) is 7.29. The molecule has 112 valence electrons. The van der Waals surface area contributed by atoms with E-state index in [2.05, 4.69) is 43.4 Å². The molecule has 3 heteroatoms. The Morgan fingerprint density at radius 2 is 1.90 bits per heavy atom. The highest BCUT2D eigenvalue weighted by Gasteiger charge is 2.19. The summed E-state index contributed by atoms with van der Waals surface area (Å²) in [6, 6.07) is 14.3. The van der Waals surface area contributed by atoms with E-state index in [0.717, 1.165) is 29.3 Å². The minimum atomic E-state index is 0.0831. The predicted molar refractivity (Wildman–Crippen MR) is 89.3 cm³/mol. The molecule has 2 aromatic carbocycles. The first-order valence-corrected chi connectivity index (χ1v) is 7.67. The largest absolute Gasteiger partial charge is 0.496 e. The van der Waals surface area contributed by atoms with Crippen molar-refractivity contribution in [1.82, 2.24) is 5.32 Å². The number of nitrogens with one attached hydrogen (secondary N) is 1. The number of rotatable bonds is 6. The van der Waals surface area contributed by atoms with Crippen LogP contribution in [0.2, 0.25) is 5.02 Å². The van der Waals surface area contributed by atoms with Crippen molar-refractivity contribution in [3.63, 3.8) is 0 Å². The molecule has 0 bridgehead atoms. The van der Waals surface area contributed by atoms with E-state index >= 15 is 0 Å². The van der Waals surface area contributed by atoms with E-state index in [0.29, 0.717) is 0 Å². The summed E-state index contributed by atoms with van der Waals surface area (Å²) in [4.78, 5) is 0. The summed E-state index contributed by atoms with van der Waals surface area (Å²) >= 11 is 6.20. The van der Waals surface area contributed by atoms with Gasteiger partial charge in [-0.15, -0.1) is 0 Å². The molecule has 2 aromatic rings. The summed E-state index contributed by atoms with van der Waals surface area (Å²) in [5.74, 6) is 0.858. The molecule has 1 N–H and O–H groups in total. The zero-order valence-corrected chi connectivity index (χ0v) is 13.6. The first kappa shape index (κ1) is 15.9. The van der Waals surface area contributed by atoms with E-state index < -0.39 is 0 Å². The minimum absolute atomic E-state index is 0.0831. The van der Waals surface area contributed by atoms with Gasteiger partial charge in [0.2, 0.25) is 0 Å². The molecule has 0 fully saturated rings. The zero-order valence-electron chi connectivity index (χ0n) is 12.8. The third kappa shape index (κ3) is 3.78. The molecule has 0 aliphatic carbocycles. The van der Waals surface area contributed by atoms with Crippen molar-refractivity contribution in [2.75, 3.05) is 13.7 Å². The molecule has 1 unspecified atom stereocenters. The molecule has 0 saturated carbocycles. The highest BCUT2D eigenvalue weighted by atomic mass is 35.5. The molecule has 1 atom stereocenters. The minimum Gasteiger partial charge on any atom is -0.496 e. The molecule has 0 aliphatic rings.